The van der Waals surface area contributed by atoms with Crippen LogP contribution in [0.3, 0.4) is 0 Å². The Morgan fingerprint density at radius 1 is 0.677 bits per heavy atom. The van der Waals surface area contributed by atoms with E-state index < -0.39 is 6.03 Å². The molecule has 0 unspecified atom stereocenters. The van der Waals surface area contributed by atoms with Crippen molar-refractivity contribution in [3.05, 3.63) is 24.3 Å². The Morgan fingerprint density at radius 3 is 1.39 bits per heavy atom. The number of nitrogens with two attached hydrogens (primary N) is 1. The van der Waals surface area contributed by atoms with Gasteiger partial charge in [-0.2, -0.15) is 0 Å². The largest absolute Gasteiger partial charge is 0.508 e. The van der Waals surface area contributed by atoms with Gasteiger partial charge in [-0.15, -0.1) is 0 Å². The fourth-order valence-corrected chi connectivity index (χ4v) is 4.17. The van der Waals surface area contributed by atoms with Crippen molar-refractivity contribution >= 4 is 11.7 Å². The standard InChI is InChI=1S/C27H48N2O2/c1-2-3-4-5-6-7-8-9-10-11-12-13-14-15-16-17-18-19-24-29(27(28)31)25-20-22-26(30)23-21-25/h20-23,30H,2-19,24H2,1H3,(H2,28,31). The summed E-state index contributed by atoms with van der Waals surface area (Å²) in [5.74, 6) is 0.196. The fraction of sp³-hybridized carbons (Fsp3) is 0.741. The van der Waals surface area contributed by atoms with Crippen molar-refractivity contribution in [1.29, 1.82) is 0 Å². The number of unbranched alkanes of at least 4 members (excludes halogenated alkanes) is 17. The van der Waals surface area contributed by atoms with Crippen molar-refractivity contribution in [3.63, 3.8) is 0 Å². The summed E-state index contributed by atoms with van der Waals surface area (Å²) in [4.78, 5) is 13.3. The first-order valence-corrected chi connectivity index (χ1v) is 13.0. The van der Waals surface area contributed by atoms with E-state index in [4.69, 9.17) is 5.73 Å². The first-order chi connectivity index (χ1) is 15.1. The van der Waals surface area contributed by atoms with Gasteiger partial charge in [-0.3, -0.25) is 4.90 Å². The van der Waals surface area contributed by atoms with Gasteiger partial charge in [0.05, 0.1) is 0 Å². The lowest BCUT2D eigenvalue weighted by Gasteiger charge is -2.20. The highest BCUT2D eigenvalue weighted by Gasteiger charge is 2.11. The predicted octanol–water partition coefficient (Wildman–Crippen LogP) is 8.32. The molecule has 1 rings (SSSR count). The van der Waals surface area contributed by atoms with Crippen molar-refractivity contribution < 1.29 is 9.90 Å². The minimum absolute atomic E-state index is 0.196. The lowest BCUT2D eigenvalue weighted by Crippen LogP contribution is -2.36. The van der Waals surface area contributed by atoms with E-state index in [1.165, 1.54) is 103 Å². The van der Waals surface area contributed by atoms with E-state index in [2.05, 4.69) is 6.92 Å². The minimum Gasteiger partial charge on any atom is -0.508 e. The van der Waals surface area contributed by atoms with Crippen LogP contribution < -0.4 is 10.6 Å². The molecule has 0 aliphatic carbocycles. The van der Waals surface area contributed by atoms with Gasteiger partial charge in [0.2, 0.25) is 0 Å². The number of nitrogens with zero attached hydrogens (tertiary/aromatic N) is 1. The molecule has 0 saturated carbocycles. The third kappa shape index (κ3) is 14.8. The molecule has 3 N–H and O–H groups in total. The molecule has 0 aliphatic rings. The molecule has 0 heterocycles. The van der Waals surface area contributed by atoms with E-state index in [0.29, 0.717) is 6.54 Å². The molecule has 31 heavy (non-hydrogen) atoms. The molecule has 4 nitrogen and oxygen atoms in total. The number of anilines is 1. The number of phenols is 1. The first-order valence-electron chi connectivity index (χ1n) is 13.0. The number of hydrogen-bond acceptors (Lipinski definition) is 2. The van der Waals surface area contributed by atoms with Crippen LogP contribution in [-0.2, 0) is 0 Å². The van der Waals surface area contributed by atoms with Crippen LogP contribution in [0, 0.1) is 0 Å². The molecule has 0 saturated heterocycles. The Hall–Kier alpha value is -1.71. The molecular formula is C27H48N2O2. The second kappa shape index (κ2) is 19.0. The summed E-state index contributed by atoms with van der Waals surface area (Å²) in [6.07, 6.45) is 24.3. The molecule has 178 valence electrons. The van der Waals surface area contributed by atoms with E-state index in [1.807, 2.05) is 0 Å². The van der Waals surface area contributed by atoms with Gasteiger partial charge in [-0.25, -0.2) is 4.79 Å². The summed E-state index contributed by atoms with van der Waals surface area (Å²) in [5.41, 5.74) is 6.26. The van der Waals surface area contributed by atoms with Gasteiger partial charge >= 0.3 is 6.03 Å². The van der Waals surface area contributed by atoms with Crippen molar-refractivity contribution in [1.82, 2.24) is 0 Å². The second-order valence-corrected chi connectivity index (χ2v) is 9.02. The van der Waals surface area contributed by atoms with Crippen LogP contribution in [0.5, 0.6) is 5.75 Å². The molecule has 1 aromatic carbocycles. The molecule has 0 bridgehead atoms. The fourth-order valence-electron chi connectivity index (χ4n) is 4.17. The molecule has 1 aromatic rings. The lowest BCUT2D eigenvalue weighted by molar-refractivity contribution is 0.253. The number of primary amides is 1. The zero-order valence-corrected chi connectivity index (χ0v) is 20.1. The molecule has 0 fully saturated rings. The highest BCUT2D eigenvalue weighted by molar-refractivity contribution is 5.90. The van der Waals surface area contributed by atoms with Gasteiger partial charge in [-0.1, -0.05) is 116 Å². The number of benzene rings is 1. The van der Waals surface area contributed by atoms with Crippen LogP contribution in [0.15, 0.2) is 24.3 Å². The summed E-state index contributed by atoms with van der Waals surface area (Å²) >= 11 is 0. The molecule has 0 aromatic heterocycles. The molecular weight excluding hydrogens is 384 g/mol. The summed E-state index contributed by atoms with van der Waals surface area (Å²) in [6, 6.07) is 6.20. The van der Waals surface area contributed by atoms with Crippen molar-refractivity contribution in [2.75, 3.05) is 11.4 Å². The van der Waals surface area contributed by atoms with Crippen LogP contribution in [0.4, 0.5) is 10.5 Å². The van der Waals surface area contributed by atoms with Crippen LogP contribution in [0.1, 0.15) is 122 Å². The molecule has 4 heteroatoms. The van der Waals surface area contributed by atoms with Gasteiger partial charge in [0.15, 0.2) is 0 Å². The molecule has 0 spiro atoms. The maximum absolute atomic E-state index is 11.7. The molecule has 2 amide bonds. The number of urea groups is 1. The SMILES string of the molecule is CCCCCCCCCCCCCCCCCCCCN(C(N)=O)c1ccc(O)cc1. The van der Waals surface area contributed by atoms with Gasteiger partial charge < -0.3 is 10.8 Å². The van der Waals surface area contributed by atoms with Crippen LogP contribution in [0.2, 0.25) is 0 Å². The lowest BCUT2D eigenvalue weighted by atomic mass is 10.0. The normalized spacial score (nSPS) is 11.0. The van der Waals surface area contributed by atoms with Crippen LogP contribution in [-0.4, -0.2) is 17.7 Å². The van der Waals surface area contributed by atoms with Gasteiger partial charge in [-0.05, 0) is 30.7 Å². The number of carbonyl (C=O) groups excluding carboxylic acids is 1. The Kier molecular flexibility index (Phi) is 16.8. The Labute approximate surface area is 191 Å². The Morgan fingerprint density at radius 2 is 1.03 bits per heavy atom. The topological polar surface area (TPSA) is 66.6 Å². The number of rotatable bonds is 20. The third-order valence-corrected chi connectivity index (χ3v) is 6.16. The maximum Gasteiger partial charge on any atom is 0.319 e. The summed E-state index contributed by atoms with van der Waals surface area (Å²) < 4.78 is 0. The molecule has 0 aliphatic heterocycles. The van der Waals surface area contributed by atoms with E-state index in [9.17, 15) is 9.90 Å². The molecule has 0 atom stereocenters. The zero-order valence-electron chi connectivity index (χ0n) is 20.1. The van der Waals surface area contributed by atoms with Crippen molar-refractivity contribution in [2.45, 2.75) is 122 Å². The monoisotopic (exact) mass is 432 g/mol. The average molecular weight is 433 g/mol. The highest BCUT2D eigenvalue weighted by atomic mass is 16.3. The number of amides is 2. The van der Waals surface area contributed by atoms with Gasteiger partial charge in [0.25, 0.3) is 0 Å². The van der Waals surface area contributed by atoms with E-state index in [0.717, 1.165) is 18.5 Å². The number of carbonyl (C=O) groups is 1. The number of phenolic OH excluding ortho intramolecular Hbond substituents is 1. The van der Waals surface area contributed by atoms with E-state index >= 15 is 0 Å². The van der Waals surface area contributed by atoms with Gasteiger partial charge in [0.1, 0.15) is 5.75 Å². The second-order valence-electron chi connectivity index (χ2n) is 9.02. The summed E-state index contributed by atoms with van der Waals surface area (Å²) in [5, 5.41) is 9.38. The Balaban J connectivity index is 1.88. The van der Waals surface area contributed by atoms with Crippen molar-refractivity contribution in [2.24, 2.45) is 5.73 Å². The van der Waals surface area contributed by atoms with E-state index in [1.54, 1.807) is 29.2 Å². The zero-order chi connectivity index (χ0) is 22.6. The first kappa shape index (κ1) is 27.3. The highest BCUT2D eigenvalue weighted by Crippen LogP contribution is 2.19. The Bertz CT molecular complexity index is 545. The van der Waals surface area contributed by atoms with Crippen LogP contribution >= 0.6 is 0 Å². The summed E-state index contributed by atoms with van der Waals surface area (Å²) in [7, 11) is 0. The third-order valence-electron chi connectivity index (χ3n) is 6.16. The van der Waals surface area contributed by atoms with Crippen molar-refractivity contribution in [3.8, 4) is 5.75 Å². The molecule has 0 radical (unpaired) electrons. The average Bonchev–Trinajstić information content (AvgIpc) is 2.76. The quantitative estimate of drug-likeness (QED) is 0.203. The smallest absolute Gasteiger partial charge is 0.319 e. The number of aromatic hydroxyl groups is 1. The van der Waals surface area contributed by atoms with E-state index in [-0.39, 0.29) is 5.75 Å². The predicted molar refractivity (Wildman–Crippen MR) is 134 cm³/mol. The number of hydrogen-bond donors (Lipinski definition) is 2. The minimum atomic E-state index is -0.433. The van der Waals surface area contributed by atoms with Crippen LogP contribution in [0.25, 0.3) is 0 Å². The van der Waals surface area contributed by atoms with Gasteiger partial charge in [0, 0.05) is 12.2 Å². The summed E-state index contributed by atoms with van der Waals surface area (Å²) in [6.45, 7) is 2.92. The maximum atomic E-state index is 11.7.